The molecule has 0 radical (unpaired) electrons. The molecular formula is C29H28F3N7O3. The van der Waals surface area contributed by atoms with Crippen LogP contribution in [0.2, 0.25) is 0 Å². The lowest BCUT2D eigenvalue weighted by molar-refractivity contribution is -0.137. The van der Waals surface area contributed by atoms with E-state index in [0.29, 0.717) is 41.8 Å². The van der Waals surface area contributed by atoms with Crippen LogP contribution in [0.15, 0.2) is 53.7 Å². The Hall–Kier alpha value is -5.12. The summed E-state index contributed by atoms with van der Waals surface area (Å²) < 4.78 is 45.0. The third kappa shape index (κ3) is 7.14. The number of anilines is 2. The fraction of sp³-hybridized carbons (Fsp3) is 0.276. The lowest BCUT2D eigenvalue weighted by Crippen LogP contribution is -2.44. The van der Waals surface area contributed by atoms with Gasteiger partial charge in [0, 0.05) is 30.9 Å². The Kier molecular flexibility index (Phi) is 9.26. The van der Waals surface area contributed by atoms with Crippen LogP contribution in [0.1, 0.15) is 48.2 Å². The number of aromatic nitrogens is 3. The summed E-state index contributed by atoms with van der Waals surface area (Å²) in [5.74, 6) is 5.76. The summed E-state index contributed by atoms with van der Waals surface area (Å²) >= 11 is 0. The zero-order chi connectivity index (χ0) is 30.3. The second-order valence-electron chi connectivity index (χ2n) is 9.23. The fourth-order valence-electron chi connectivity index (χ4n) is 4.37. The first-order valence-electron chi connectivity index (χ1n) is 13.0. The molecule has 1 atom stereocenters. The van der Waals surface area contributed by atoms with E-state index in [9.17, 15) is 22.8 Å². The molecule has 1 saturated heterocycles. The number of nitrogens with zero attached hydrogens (tertiary/aromatic N) is 4. The number of rotatable bonds is 8. The number of ether oxygens (including phenoxy) is 1. The molecule has 1 aliphatic rings. The van der Waals surface area contributed by atoms with Crippen molar-refractivity contribution in [1.29, 1.82) is 0 Å². The third-order valence-corrected chi connectivity index (χ3v) is 6.37. The monoisotopic (exact) mass is 579 g/mol. The third-order valence-electron chi connectivity index (χ3n) is 6.37. The zero-order valence-corrected chi connectivity index (χ0v) is 22.9. The van der Waals surface area contributed by atoms with Gasteiger partial charge in [-0.25, -0.2) is 9.98 Å². The maximum atomic E-state index is 13.0. The first-order chi connectivity index (χ1) is 20.1. The number of piperidine rings is 1. The molecule has 0 bridgehead atoms. The lowest BCUT2D eigenvalue weighted by atomic mass is 10.1. The number of H-pyrrole nitrogens is 1. The summed E-state index contributed by atoms with van der Waals surface area (Å²) in [6, 6.07) is 7.55. The minimum absolute atomic E-state index is 0.0690. The van der Waals surface area contributed by atoms with E-state index in [2.05, 4.69) is 49.4 Å². The molecule has 1 aromatic carbocycles. The van der Waals surface area contributed by atoms with Crippen molar-refractivity contribution in [2.75, 3.05) is 23.7 Å². The number of halogens is 3. The molecule has 0 aliphatic carbocycles. The van der Waals surface area contributed by atoms with E-state index in [1.165, 1.54) is 12.1 Å². The molecule has 1 fully saturated rings. The van der Waals surface area contributed by atoms with Gasteiger partial charge in [0.15, 0.2) is 5.82 Å². The SMILES string of the molecule is C=Nc1n[nH]c(N[C@@H]2CCCN(C(=O)C#CC)C2)c1/C(=C\C)Oc1ccc(C(=O)Nc2cc(C(F)(F)F)ccn2)cc1. The van der Waals surface area contributed by atoms with Gasteiger partial charge in [-0.3, -0.25) is 14.7 Å². The molecule has 218 valence electrons. The van der Waals surface area contributed by atoms with E-state index >= 15 is 0 Å². The Morgan fingerprint density at radius 1 is 1.26 bits per heavy atom. The van der Waals surface area contributed by atoms with Crippen LogP contribution in [-0.4, -0.2) is 57.7 Å². The molecule has 42 heavy (non-hydrogen) atoms. The number of carbonyl (C=O) groups excluding carboxylic acids is 2. The van der Waals surface area contributed by atoms with Gasteiger partial charge in [0.05, 0.1) is 5.56 Å². The summed E-state index contributed by atoms with van der Waals surface area (Å²) in [5, 5.41) is 12.9. The number of likely N-dealkylation sites (tertiary alicyclic amines) is 1. The summed E-state index contributed by atoms with van der Waals surface area (Å²) in [6.45, 7) is 8.09. The van der Waals surface area contributed by atoms with Gasteiger partial charge in [0.1, 0.15) is 28.7 Å². The maximum Gasteiger partial charge on any atom is 0.416 e. The van der Waals surface area contributed by atoms with Crippen molar-refractivity contribution in [1.82, 2.24) is 20.1 Å². The first-order valence-corrected chi connectivity index (χ1v) is 13.0. The summed E-state index contributed by atoms with van der Waals surface area (Å²) in [7, 11) is 0. The lowest BCUT2D eigenvalue weighted by Gasteiger charge is -2.32. The van der Waals surface area contributed by atoms with Gasteiger partial charge in [-0.15, -0.1) is 0 Å². The molecule has 2 aromatic heterocycles. The molecule has 3 N–H and O–H groups in total. The molecule has 0 saturated carbocycles. The molecular weight excluding hydrogens is 551 g/mol. The zero-order valence-electron chi connectivity index (χ0n) is 22.9. The van der Waals surface area contributed by atoms with Crippen molar-refractivity contribution in [2.45, 2.75) is 38.9 Å². The number of alkyl halides is 3. The van der Waals surface area contributed by atoms with Crippen LogP contribution in [0.4, 0.5) is 30.6 Å². The Labute approximate surface area is 240 Å². The van der Waals surface area contributed by atoms with Crippen molar-refractivity contribution in [3.05, 3.63) is 65.4 Å². The Morgan fingerprint density at radius 2 is 2.02 bits per heavy atom. The van der Waals surface area contributed by atoms with Gasteiger partial charge < -0.3 is 20.3 Å². The van der Waals surface area contributed by atoms with E-state index in [1.807, 2.05) is 0 Å². The second kappa shape index (κ2) is 13.0. The van der Waals surface area contributed by atoms with Crippen LogP contribution in [-0.2, 0) is 11.0 Å². The van der Waals surface area contributed by atoms with E-state index in [4.69, 9.17) is 4.74 Å². The number of aliphatic imine (C=N–C) groups is 1. The first kappa shape index (κ1) is 29.9. The van der Waals surface area contributed by atoms with Gasteiger partial charge in [0.2, 0.25) is 0 Å². The summed E-state index contributed by atoms with van der Waals surface area (Å²) in [4.78, 5) is 34.4. The number of aromatic amines is 1. The number of pyridine rings is 1. The van der Waals surface area contributed by atoms with Crippen LogP contribution in [0.5, 0.6) is 5.75 Å². The highest BCUT2D eigenvalue weighted by molar-refractivity contribution is 6.03. The van der Waals surface area contributed by atoms with Crippen molar-refractivity contribution in [3.8, 4) is 17.6 Å². The van der Waals surface area contributed by atoms with Crippen molar-refractivity contribution in [2.24, 2.45) is 4.99 Å². The average Bonchev–Trinajstić information content (AvgIpc) is 3.38. The molecule has 10 nitrogen and oxygen atoms in total. The highest BCUT2D eigenvalue weighted by Crippen LogP contribution is 2.34. The molecule has 4 rings (SSSR count). The smallest absolute Gasteiger partial charge is 0.416 e. The molecule has 0 unspecified atom stereocenters. The van der Waals surface area contributed by atoms with Gasteiger partial charge in [-0.1, -0.05) is 5.92 Å². The van der Waals surface area contributed by atoms with Crippen molar-refractivity contribution >= 4 is 41.7 Å². The van der Waals surface area contributed by atoms with Gasteiger partial charge in [0.25, 0.3) is 11.8 Å². The highest BCUT2D eigenvalue weighted by atomic mass is 19.4. The van der Waals surface area contributed by atoms with E-state index < -0.39 is 17.6 Å². The van der Waals surface area contributed by atoms with Gasteiger partial charge in [-0.05, 0) is 81.8 Å². The predicted octanol–water partition coefficient (Wildman–Crippen LogP) is 5.27. The minimum atomic E-state index is -4.56. The largest absolute Gasteiger partial charge is 0.457 e. The predicted molar refractivity (Wildman–Crippen MR) is 152 cm³/mol. The number of nitrogens with one attached hydrogen (secondary N) is 3. The van der Waals surface area contributed by atoms with Crippen LogP contribution < -0.4 is 15.4 Å². The van der Waals surface area contributed by atoms with Crippen LogP contribution in [0.3, 0.4) is 0 Å². The Bertz CT molecular complexity index is 1550. The standard InChI is InChI=1S/C29H28F3N7O3/c1-4-7-24(40)39-15-6-8-20(17-39)35-27-25(26(33-3)37-38-27)22(5-2)42-21-11-9-18(10-12-21)28(41)36-23-16-19(13-14-34-23)29(30,31)32/h5,9-14,16,20H,3,6,8,15,17H2,1-2H3,(H,34,36,41)(H2,35,37,38)/b22-5+/t20-/m1/s1. The van der Waals surface area contributed by atoms with Crippen LogP contribution in [0.25, 0.3) is 5.76 Å². The van der Waals surface area contributed by atoms with E-state index in [1.54, 1.807) is 37.0 Å². The van der Waals surface area contributed by atoms with E-state index in [0.717, 1.165) is 31.2 Å². The maximum absolute atomic E-state index is 13.0. The molecule has 3 aromatic rings. The minimum Gasteiger partial charge on any atom is -0.457 e. The number of amides is 2. The molecule has 2 amide bonds. The Morgan fingerprint density at radius 3 is 2.69 bits per heavy atom. The summed E-state index contributed by atoms with van der Waals surface area (Å²) in [5.41, 5.74) is -0.203. The second-order valence-corrected chi connectivity index (χ2v) is 9.23. The number of allylic oxidation sites excluding steroid dienone is 1. The van der Waals surface area contributed by atoms with Crippen molar-refractivity contribution < 1.29 is 27.5 Å². The average molecular weight is 580 g/mol. The number of hydrogen-bond donors (Lipinski definition) is 3. The fourth-order valence-corrected chi connectivity index (χ4v) is 4.37. The van der Waals surface area contributed by atoms with Crippen LogP contribution >= 0.6 is 0 Å². The Balaban J connectivity index is 1.46. The normalized spacial score (nSPS) is 15.3. The van der Waals surface area contributed by atoms with Gasteiger partial charge in [-0.2, -0.15) is 18.3 Å². The molecule has 3 heterocycles. The number of benzene rings is 1. The molecule has 13 heteroatoms. The van der Waals surface area contributed by atoms with Crippen molar-refractivity contribution in [3.63, 3.8) is 0 Å². The van der Waals surface area contributed by atoms with E-state index in [-0.39, 0.29) is 23.3 Å². The number of hydrogen-bond acceptors (Lipinski definition) is 7. The topological polar surface area (TPSA) is 125 Å². The summed E-state index contributed by atoms with van der Waals surface area (Å²) in [6.07, 6.45) is -0.231. The van der Waals surface area contributed by atoms with Gasteiger partial charge >= 0.3 is 6.18 Å². The number of carbonyl (C=O) groups is 2. The molecule has 1 aliphatic heterocycles. The molecule has 0 spiro atoms. The quantitative estimate of drug-likeness (QED) is 0.190. The van der Waals surface area contributed by atoms with Crippen LogP contribution in [0, 0.1) is 11.8 Å². The highest BCUT2D eigenvalue weighted by Gasteiger charge is 2.31.